The average Bonchev–Trinajstić information content (AvgIpc) is 2.32. The van der Waals surface area contributed by atoms with Crippen molar-refractivity contribution in [2.45, 2.75) is 10.6 Å². The molecule has 4 heteroatoms. The quantitative estimate of drug-likeness (QED) is 0.679. The average molecular weight is 287 g/mol. The second-order valence-corrected chi connectivity index (χ2v) is 5.32. The van der Waals surface area contributed by atoms with Crippen LogP contribution in [0, 0.1) is 5.82 Å². The second-order valence-electron chi connectivity index (χ2n) is 3.46. The van der Waals surface area contributed by atoms with Crippen LogP contribution in [0.25, 0.3) is 0 Å². The molecule has 0 amide bonds. The van der Waals surface area contributed by atoms with Gasteiger partial charge in [-0.2, -0.15) is 0 Å². The maximum Gasteiger partial charge on any atom is 0.142 e. The molecule has 0 atom stereocenters. The lowest BCUT2D eigenvalue weighted by Crippen LogP contribution is -1.83. The van der Waals surface area contributed by atoms with E-state index < -0.39 is 5.82 Å². The number of hydrogen-bond donors (Lipinski definition) is 0. The zero-order valence-corrected chi connectivity index (χ0v) is 11.1. The second kappa shape index (κ2) is 5.76. The smallest absolute Gasteiger partial charge is 0.142 e. The molecule has 0 fully saturated rings. The summed E-state index contributed by atoms with van der Waals surface area (Å²) >= 11 is 13.2. The number of thioether (sulfide) groups is 1. The predicted octanol–water partition coefficient (Wildman–Crippen LogP) is 5.42. The Morgan fingerprint density at radius 2 is 1.76 bits per heavy atom. The van der Waals surface area contributed by atoms with Crippen molar-refractivity contribution in [3.05, 3.63) is 63.9 Å². The Bertz CT molecular complexity index is 529. The van der Waals surface area contributed by atoms with Crippen molar-refractivity contribution >= 4 is 35.0 Å². The van der Waals surface area contributed by atoms with Crippen LogP contribution in [0.4, 0.5) is 4.39 Å². The molecular weight excluding hydrogens is 278 g/mol. The van der Waals surface area contributed by atoms with Crippen LogP contribution in [-0.2, 0) is 5.75 Å². The molecule has 2 rings (SSSR count). The summed E-state index contributed by atoms with van der Waals surface area (Å²) in [6, 6.07) is 12.4. The van der Waals surface area contributed by atoms with E-state index in [9.17, 15) is 4.39 Å². The molecular formula is C13H9Cl2FS. The van der Waals surface area contributed by atoms with Gasteiger partial charge < -0.3 is 0 Å². The molecule has 0 aliphatic heterocycles. The van der Waals surface area contributed by atoms with Crippen LogP contribution in [0.2, 0.25) is 10.0 Å². The van der Waals surface area contributed by atoms with Crippen LogP contribution in [-0.4, -0.2) is 0 Å². The van der Waals surface area contributed by atoms with Gasteiger partial charge in [0, 0.05) is 15.7 Å². The van der Waals surface area contributed by atoms with Crippen molar-refractivity contribution in [3.63, 3.8) is 0 Å². The fraction of sp³-hybridized carbons (Fsp3) is 0.0769. The van der Waals surface area contributed by atoms with Crippen LogP contribution in [0.1, 0.15) is 5.56 Å². The minimum absolute atomic E-state index is 0.145. The van der Waals surface area contributed by atoms with Crippen LogP contribution < -0.4 is 0 Å². The van der Waals surface area contributed by atoms with Gasteiger partial charge in [0.1, 0.15) is 5.82 Å². The maximum atomic E-state index is 13.2. The van der Waals surface area contributed by atoms with Crippen LogP contribution in [0.15, 0.2) is 47.4 Å². The molecule has 0 bridgehead atoms. The molecule has 0 spiro atoms. The molecule has 0 aliphatic carbocycles. The normalized spacial score (nSPS) is 10.5. The molecule has 0 saturated carbocycles. The number of benzene rings is 2. The van der Waals surface area contributed by atoms with Gasteiger partial charge in [0.15, 0.2) is 0 Å². The molecule has 88 valence electrons. The van der Waals surface area contributed by atoms with Gasteiger partial charge in [-0.05, 0) is 29.8 Å². The van der Waals surface area contributed by atoms with E-state index in [1.807, 2.05) is 24.3 Å². The summed E-state index contributed by atoms with van der Waals surface area (Å²) in [6.45, 7) is 0. The first kappa shape index (κ1) is 12.7. The molecule has 17 heavy (non-hydrogen) atoms. The Kier molecular flexibility index (Phi) is 4.32. The zero-order chi connectivity index (χ0) is 12.3. The number of rotatable bonds is 3. The van der Waals surface area contributed by atoms with Crippen molar-refractivity contribution in [2.75, 3.05) is 0 Å². The van der Waals surface area contributed by atoms with Gasteiger partial charge >= 0.3 is 0 Å². The highest BCUT2D eigenvalue weighted by atomic mass is 35.5. The summed E-state index contributed by atoms with van der Waals surface area (Å²) in [5, 5.41) is 0.876. The minimum Gasteiger partial charge on any atom is -0.205 e. The van der Waals surface area contributed by atoms with E-state index in [0.29, 0.717) is 5.75 Å². The fourth-order valence-electron chi connectivity index (χ4n) is 1.34. The van der Waals surface area contributed by atoms with E-state index in [-0.39, 0.29) is 5.02 Å². The van der Waals surface area contributed by atoms with Crippen molar-refractivity contribution in [1.29, 1.82) is 0 Å². The fourth-order valence-corrected chi connectivity index (χ4v) is 2.67. The lowest BCUT2D eigenvalue weighted by molar-refractivity contribution is 0.624. The Morgan fingerprint density at radius 1 is 1.00 bits per heavy atom. The van der Waals surface area contributed by atoms with Crippen molar-refractivity contribution < 1.29 is 4.39 Å². The van der Waals surface area contributed by atoms with E-state index in [4.69, 9.17) is 23.2 Å². The predicted molar refractivity (Wildman–Crippen MR) is 72.4 cm³/mol. The van der Waals surface area contributed by atoms with E-state index >= 15 is 0 Å². The van der Waals surface area contributed by atoms with Crippen LogP contribution >= 0.6 is 35.0 Å². The highest BCUT2D eigenvalue weighted by molar-refractivity contribution is 7.98. The van der Waals surface area contributed by atoms with Gasteiger partial charge in [-0.1, -0.05) is 41.4 Å². The summed E-state index contributed by atoms with van der Waals surface area (Å²) in [4.78, 5) is 0.840. The summed E-state index contributed by atoms with van der Waals surface area (Å²) in [7, 11) is 0. The van der Waals surface area contributed by atoms with Crippen molar-refractivity contribution in [3.8, 4) is 0 Å². The van der Waals surface area contributed by atoms with Crippen molar-refractivity contribution in [1.82, 2.24) is 0 Å². The molecule has 0 heterocycles. The van der Waals surface area contributed by atoms with Gasteiger partial charge in [0.05, 0.1) is 5.02 Å². The lowest BCUT2D eigenvalue weighted by Gasteiger charge is -2.04. The highest BCUT2D eigenvalue weighted by Crippen LogP contribution is 2.28. The molecule has 0 nitrogen and oxygen atoms in total. The summed E-state index contributed by atoms with van der Waals surface area (Å²) in [5.41, 5.74) is 1.04. The largest absolute Gasteiger partial charge is 0.205 e. The Hall–Kier alpha value is -0.700. The molecule has 0 unspecified atom stereocenters. The Balaban J connectivity index is 2.08. The van der Waals surface area contributed by atoms with E-state index in [2.05, 4.69) is 0 Å². The van der Waals surface area contributed by atoms with Gasteiger partial charge in [0.2, 0.25) is 0 Å². The first-order valence-electron chi connectivity index (χ1n) is 4.98. The molecule has 0 saturated heterocycles. The Labute approximate surface area is 114 Å². The Morgan fingerprint density at radius 3 is 2.47 bits per heavy atom. The van der Waals surface area contributed by atoms with Gasteiger partial charge in [0.25, 0.3) is 0 Å². The SMILES string of the molecule is Fc1cc(SCc2ccccc2Cl)ccc1Cl. The van der Waals surface area contributed by atoms with Gasteiger partial charge in [-0.15, -0.1) is 11.8 Å². The first-order valence-corrected chi connectivity index (χ1v) is 6.72. The molecule has 2 aromatic rings. The van der Waals surface area contributed by atoms with Crippen LogP contribution in [0.5, 0.6) is 0 Å². The third kappa shape index (κ3) is 3.38. The van der Waals surface area contributed by atoms with Crippen molar-refractivity contribution in [2.24, 2.45) is 0 Å². The van der Waals surface area contributed by atoms with E-state index in [1.54, 1.807) is 12.1 Å². The van der Waals surface area contributed by atoms with Gasteiger partial charge in [-0.3, -0.25) is 0 Å². The third-order valence-corrected chi connectivity index (χ3v) is 3.96. The van der Waals surface area contributed by atoms with Gasteiger partial charge in [-0.25, -0.2) is 4.39 Å². The molecule has 0 radical (unpaired) electrons. The first-order chi connectivity index (χ1) is 8.16. The lowest BCUT2D eigenvalue weighted by atomic mass is 10.2. The highest BCUT2D eigenvalue weighted by Gasteiger charge is 2.03. The number of halogens is 3. The van der Waals surface area contributed by atoms with E-state index in [0.717, 1.165) is 15.5 Å². The summed E-state index contributed by atoms with van der Waals surface area (Å²) in [6.07, 6.45) is 0. The third-order valence-electron chi connectivity index (χ3n) is 2.24. The zero-order valence-electron chi connectivity index (χ0n) is 8.79. The minimum atomic E-state index is -0.393. The van der Waals surface area contributed by atoms with Crippen LogP contribution in [0.3, 0.4) is 0 Å². The number of hydrogen-bond acceptors (Lipinski definition) is 1. The topological polar surface area (TPSA) is 0 Å². The molecule has 0 aliphatic rings. The summed E-state index contributed by atoms with van der Waals surface area (Å²) < 4.78 is 13.2. The standard InChI is InChI=1S/C13H9Cl2FS/c14-11-4-2-1-3-9(11)8-17-10-5-6-12(15)13(16)7-10/h1-7H,8H2. The molecule has 0 aromatic heterocycles. The summed E-state index contributed by atoms with van der Waals surface area (Å²) in [5.74, 6) is 0.316. The monoisotopic (exact) mass is 286 g/mol. The van der Waals surface area contributed by atoms with E-state index in [1.165, 1.54) is 17.8 Å². The maximum absolute atomic E-state index is 13.2. The molecule has 2 aromatic carbocycles. The molecule has 0 N–H and O–H groups in total.